The minimum Gasteiger partial charge on any atom is -0.459 e. The fourth-order valence-corrected chi connectivity index (χ4v) is 2.74. The van der Waals surface area contributed by atoms with E-state index in [2.05, 4.69) is 6.07 Å². The Morgan fingerprint density at radius 3 is 2.64 bits per heavy atom. The zero-order valence-corrected chi connectivity index (χ0v) is 12.4. The first kappa shape index (κ1) is 15.0. The van der Waals surface area contributed by atoms with Crippen molar-refractivity contribution in [2.24, 2.45) is 0 Å². The standard InChI is InChI=1S/C16H17NO5/c1-16(2)21-13-11(8-17)20-12(14(13)22-16)9-19-15(18)10-6-4-3-5-7-10/h3-7,11-14H,9H2,1-2H3/t11-,12-,13+,14+/m0/s1. The van der Waals surface area contributed by atoms with Crippen molar-refractivity contribution in [2.75, 3.05) is 6.61 Å². The van der Waals surface area contributed by atoms with Gasteiger partial charge in [-0.25, -0.2) is 4.79 Å². The SMILES string of the molecule is CC1(C)O[C@H]2[C@H](O1)[C@H](COC(=O)c1ccccc1)O[C@H]2C#N. The van der Waals surface area contributed by atoms with Gasteiger partial charge in [0.15, 0.2) is 11.9 Å². The molecule has 1 aromatic rings. The van der Waals surface area contributed by atoms with Crippen LogP contribution in [0.15, 0.2) is 30.3 Å². The second-order valence-corrected chi connectivity index (χ2v) is 5.75. The number of carbonyl (C=O) groups excluding carboxylic acids is 1. The van der Waals surface area contributed by atoms with E-state index in [1.807, 2.05) is 6.07 Å². The number of hydrogen-bond donors (Lipinski definition) is 0. The van der Waals surface area contributed by atoms with Crippen LogP contribution in [0.4, 0.5) is 0 Å². The van der Waals surface area contributed by atoms with Crippen molar-refractivity contribution >= 4 is 5.97 Å². The second kappa shape index (κ2) is 5.69. The lowest BCUT2D eigenvalue weighted by molar-refractivity contribution is -0.184. The van der Waals surface area contributed by atoms with E-state index < -0.39 is 36.2 Å². The van der Waals surface area contributed by atoms with E-state index in [0.29, 0.717) is 5.56 Å². The Bertz CT molecular complexity index is 594. The van der Waals surface area contributed by atoms with Gasteiger partial charge in [0.05, 0.1) is 11.6 Å². The van der Waals surface area contributed by atoms with Gasteiger partial charge in [0.1, 0.15) is 24.9 Å². The molecule has 0 saturated carbocycles. The van der Waals surface area contributed by atoms with E-state index in [9.17, 15) is 4.79 Å². The van der Waals surface area contributed by atoms with Gasteiger partial charge in [0.2, 0.25) is 0 Å². The molecule has 0 amide bonds. The van der Waals surface area contributed by atoms with Crippen LogP contribution in [0.3, 0.4) is 0 Å². The molecule has 22 heavy (non-hydrogen) atoms. The molecule has 6 nitrogen and oxygen atoms in total. The topological polar surface area (TPSA) is 77.8 Å². The number of benzene rings is 1. The maximum atomic E-state index is 12.0. The third-order valence-corrected chi connectivity index (χ3v) is 3.67. The molecule has 0 N–H and O–H groups in total. The number of fused-ring (bicyclic) bond motifs is 1. The summed E-state index contributed by atoms with van der Waals surface area (Å²) >= 11 is 0. The Morgan fingerprint density at radius 2 is 1.95 bits per heavy atom. The van der Waals surface area contributed by atoms with Gasteiger partial charge in [0, 0.05) is 0 Å². The van der Waals surface area contributed by atoms with E-state index >= 15 is 0 Å². The minimum absolute atomic E-state index is 0.0204. The van der Waals surface area contributed by atoms with Crippen LogP contribution in [0.25, 0.3) is 0 Å². The number of ether oxygens (including phenoxy) is 4. The first-order valence-electron chi connectivity index (χ1n) is 7.13. The maximum Gasteiger partial charge on any atom is 0.338 e. The van der Waals surface area contributed by atoms with Crippen LogP contribution in [0.2, 0.25) is 0 Å². The molecule has 0 spiro atoms. The molecule has 0 bridgehead atoms. The lowest BCUT2D eigenvalue weighted by Crippen LogP contribution is -2.33. The predicted octanol–water partition coefficient (Wildman–Crippen LogP) is 1.65. The Kier molecular flexibility index (Phi) is 3.87. The molecule has 2 fully saturated rings. The van der Waals surface area contributed by atoms with E-state index in [1.165, 1.54) is 0 Å². The zero-order chi connectivity index (χ0) is 15.7. The van der Waals surface area contributed by atoms with Gasteiger partial charge in [0.25, 0.3) is 0 Å². The highest BCUT2D eigenvalue weighted by atomic mass is 16.8. The highest BCUT2D eigenvalue weighted by molar-refractivity contribution is 5.89. The molecular weight excluding hydrogens is 286 g/mol. The summed E-state index contributed by atoms with van der Waals surface area (Å²) in [6, 6.07) is 10.8. The van der Waals surface area contributed by atoms with Crippen LogP contribution >= 0.6 is 0 Å². The van der Waals surface area contributed by atoms with Crippen molar-refractivity contribution in [3.8, 4) is 6.07 Å². The Balaban J connectivity index is 1.63. The van der Waals surface area contributed by atoms with Crippen LogP contribution < -0.4 is 0 Å². The smallest absolute Gasteiger partial charge is 0.338 e. The molecule has 1 aromatic carbocycles. The Hall–Kier alpha value is -1.94. The maximum absolute atomic E-state index is 12.0. The van der Waals surface area contributed by atoms with Crippen molar-refractivity contribution < 1.29 is 23.7 Å². The normalized spacial score (nSPS) is 32.2. The van der Waals surface area contributed by atoms with Crippen molar-refractivity contribution in [3.63, 3.8) is 0 Å². The number of rotatable bonds is 3. The Labute approximate surface area is 128 Å². The van der Waals surface area contributed by atoms with Gasteiger partial charge in [-0.15, -0.1) is 0 Å². The quantitative estimate of drug-likeness (QED) is 0.790. The van der Waals surface area contributed by atoms with Crippen molar-refractivity contribution in [1.82, 2.24) is 0 Å². The lowest BCUT2D eigenvalue weighted by Gasteiger charge is -2.22. The van der Waals surface area contributed by atoms with E-state index in [1.54, 1.807) is 38.1 Å². The number of hydrogen-bond acceptors (Lipinski definition) is 6. The van der Waals surface area contributed by atoms with Crippen molar-refractivity contribution in [2.45, 2.75) is 44.1 Å². The summed E-state index contributed by atoms with van der Waals surface area (Å²) in [5.74, 6) is -1.20. The zero-order valence-electron chi connectivity index (χ0n) is 12.4. The molecule has 0 aliphatic carbocycles. The molecule has 2 heterocycles. The Morgan fingerprint density at radius 1 is 1.27 bits per heavy atom. The molecule has 3 rings (SSSR count). The van der Waals surface area contributed by atoms with Gasteiger partial charge < -0.3 is 18.9 Å². The molecule has 0 unspecified atom stereocenters. The highest BCUT2D eigenvalue weighted by Crippen LogP contribution is 2.38. The summed E-state index contributed by atoms with van der Waals surface area (Å²) in [5, 5.41) is 9.14. The van der Waals surface area contributed by atoms with Gasteiger partial charge in [-0.2, -0.15) is 5.26 Å². The average molecular weight is 303 g/mol. The van der Waals surface area contributed by atoms with Crippen LogP contribution in [0, 0.1) is 11.3 Å². The fourth-order valence-electron chi connectivity index (χ4n) is 2.74. The lowest BCUT2D eigenvalue weighted by atomic mass is 10.1. The summed E-state index contributed by atoms with van der Waals surface area (Å²) in [5.41, 5.74) is 0.470. The molecule has 0 radical (unpaired) electrons. The monoisotopic (exact) mass is 303 g/mol. The molecule has 4 atom stereocenters. The second-order valence-electron chi connectivity index (χ2n) is 5.75. The third kappa shape index (κ3) is 2.83. The van der Waals surface area contributed by atoms with Crippen LogP contribution in [0.1, 0.15) is 24.2 Å². The largest absolute Gasteiger partial charge is 0.459 e. The van der Waals surface area contributed by atoms with Crippen LogP contribution in [0.5, 0.6) is 0 Å². The van der Waals surface area contributed by atoms with E-state index in [-0.39, 0.29) is 6.61 Å². The molecular formula is C16H17NO5. The molecule has 2 aliphatic heterocycles. The van der Waals surface area contributed by atoms with Crippen molar-refractivity contribution in [1.29, 1.82) is 5.26 Å². The fraction of sp³-hybridized carbons (Fsp3) is 0.500. The first-order valence-corrected chi connectivity index (χ1v) is 7.13. The van der Waals surface area contributed by atoms with Crippen LogP contribution in [-0.2, 0) is 18.9 Å². The van der Waals surface area contributed by atoms with Gasteiger partial charge in [-0.05, 0) is 26.0 Å². The number of esters is 1. The summed E-state index contributed by atoms with van der Waals surface area (Å²) in [6.07, 6.45) is -2.10. The van der Waals surface area contributed by atoms with E-state index in [0.717, 1.165) is 0 Å². The molecule has 2 saturated heterocycles. The number of carbonyl (C=O) groups is 1. The number of nitriles is 1. The first-order chi connectivity index (χ1) is 10.5. The molecule has 116 valence electrons. The highest BCUT2D eigenvalue weighted by Gasteiger charge is 2.55. The summed E-state index contributed by atoms with van der Waals surface area (Å²) in [6.45, 7) is 3.59. The molecule has 0 aromatic heterocycles. The average Bonchev–Trinajstić information content (AvgIpc) is 2.99. The van der Waals surface area contributed by atoms with Gasteiger partial charge in [-0.1, -0.05) is 18.2 Å². The summed E-state index contributed by atoms with van der Waals surface area (Å²) in [7, 11) is 0. The molecule has 6 heteroatoms. The van der Waals surface area contributed by atoms with Crippen molar-refractivity contribution in [3.05, 3.63) is 35.9 Å². The van der Waals surface area contributed by atoms with Gasteiger partial charge >= 0.3 is 5.97 Å². The third-order valence-electron chi connectivity index (χ3n) is 3.67. The number of nitrogens with zero attached hydrogens (tertiary/aromatic N) is 1. The predicted molar refractivity (Wildman–Crippen MR) is 74.8 cm³/mol. The van der Waals surface area contributed by atoms with E-state index in [4.69, 9.17) is 24.2 Å². The van der Waals surface area contributed by atoms with Gasteiger partial charge in [-0.3, -0.25) is 0 Å². The summed E-state index contributed by atoms with van der Waals surface area (Å²) in [4.78, 5) is 12.0. The van der Waals surface area contributed by atoms with Crippen LogP contribution in [-0.4, -0.2) is 42.8 Å². The minimum atomic E-state index is -0.768. The summed E-state index contributed by atoms with van der Waals surface area (Å²) < 4.78 is 22.3. The molecule has 2 aliphatic rings.